The molecule has 0 amide bonds. The van der Waals surface area contributed by atoms with Gasteiger partial charge in [0.25, 0.3) is 0 Å². The van der Waals surface area contributed by atoms with Crippen molar-refractivity contribution in [1.82, 2.24) is 5.43 Å². The van der Waals surface area contributed by atoms with E-state index in [0.29, 0.717) is 10.9 Å². The molecule has 0 radical (unpaired) electrons. The van der Waals surface area contributed by atoms with Gasteiger partial charge in [0.15, 0.2) is 0 Å². The number of hydrazine groups is 1. The van der Waals surface area contributed by atoms with E-state index >= 15 is 0 Å². The summed E-state index contributed by atoms with van der Waals surface area (Å²) in [6, 6.07) is 13.1. The summed E-state index contributed by atoms with van der Waals surface area (Å²) >= 11 is 6.81. The molecule has 0 bridgehead atoms. The third kappa shape index (κ3) is 3.88. The topological polar surface area (TPSA) is 38.0 Å². The van der Waals surface area contributed by atoms with Crippen LogP contribution in [0.4, 0.5) is 4.39 Å². The van der Waals surface area contributed by atoms with Gasteiger partial charge in [0, 0.05) is 10.5 Å². The summed E-state index contributed by atoms with van der Waals surface area (Å²) in [6.07, 6.45) is 1.41. The third-order valence-electron chi connectivity index (χ3n) is 3.16. The molecule has 0 fully saturated rings. The lowest BCUT2D eigenvalue weighted by Crippen LogP contribution is -2.38. The number of nitrogens with one attached hydrogen (secondary N) is 1. The first-order chi connectivity index (χ1) is 9.61. The van der Waals surface area contributed by atoms with E-state index in [2.05, 4.69) is 43.4 Å². The number of nitrogens with two attached hydrogens (primary N) is 1. The SMILES string of the molecule is NNC(Cc1ccccc1Br)Cc1cccc(F)c1Br. The van der Waals surface area contributed by atoms with Crippen LogP contribution in [0.3, 0.4) is 0 Å². The molecular weight excluding hydrogens is 387 g/mol. The van der Waals surface area contributed by atoms with Crippen LogP contribution in [0.2, 0.25) is 0 Å². The van der Waals surface area contributed by atoms with Gasteiger partial charge in [-0.05, 0) is 52.0 Å². The minimum atomic E-state index is -0.251. The molecule has 2 aromatic carbocycles. The van der Waals surface area contributed by atoms with E-state index in [9.17, 15) is 4.39 Å². The number of hydrogen-bond donors (Lipinski definition) is 2. The Bertz CT molecular complexity index is 590. The number of benzene rings is 2. The van der Waals surface area contributed by atoms with Crippen LogP contribution in [0.1, 0.15) is 11.1 Å². The Balaban J connectivity index is 2.14. The van der Waals surface area contributed by atoms with Crippen molar-refractivity contribution in [2.75, 3.05) is 0 Å². The lowest BCUT2D eigenvalue weighted by atomic mass is 9.99. The van der Waals surface area contributed by atoms with E-state index in [-0.39, 0.29) is 11.9 Å². The van der Waals surface area contributed by atoms with Crippen LogP contribution in [-0.2, 0) is 12.8 Å². The van der Waals surface area contributed by atoms with E-state index in [1.165, 1.54) is 11.6 Å². The van der Waals surface area contributed by atoms with Gasteiger partial charge in [-0.25, -0.2) is 4.39 Å². The Kier molecular flexibility index (Phi) is 5.72. The third-order valence-corrected chi connectivity index (χ3v) is 4.82. The van der Waals surface area contributed by atoms with Gasteiger partial charge >= 0.3 is 0 Å². The van der Waals surface area contributed by atoms with Gasteiger partial charge in [-0.3, -0.25) is 11.3 Å². The lowest BCUT2D eigenvalue weighted by Gasteiger charge is -2.18. The average Bonchev–Trinajstić information content (AvgIpc) is 2.45. The number of rotatable bonds is 5. The number of hydrogen-bond acceptors (Lipinski definition) is 2. The van der Waals surface area contributed by atoms with Gasteiger partial charge in [0.1, 0.15) is 5.82 Å². The van der Waals surface area contributed by atoms with E-state index in [4.69, 9.17) is 5.84 Å². The van der Waals surface area contributed by atoms with E-state index < -0.39 is 0 Å². The minimum absolute atomic E-state index is 0.0341. The van der Waals surface area contributed by atoms with E-state index in [1.807, 2.05) is 24.3 Å². The van der Waals surface area contributed by atoms with Crippen LogP contribution < -0.4 is 11.3 Å². The van der Waals surface area contributed by atoms with Crippen LogP contribution in [0.15, 0.2) is 51.4 Å². The first-order valence-electron chi connectivity index (χ1n) is 6.24. The Morgan fingerprint density at radius 2 is 1.65 bits per heavy atom. The Morgan fingerprint density at radius 1 is 1.00 bits per heavy atom. The van der Waals surface area contributed by atoms with Crippen molar-refractivity contribution >= 4 is 31.9 Å². The molecule has 1 atom stereocenters. The molecule has 2 aromatic rings. The predicted molar refractivity (Wildman–Crippen MR) is 86.8 cm³/mol. The zero-order chi connectivity index (χ0) is 14.5. The largest absolute Gasteiger partial charge is 0.271 e. The summed E-state index contributed by atoms with van der Waals surface area (Å²) in [5.41, 5.74) is 4.88. The average molecular weight is 402 g/mol. The highest BCUT2D eigenvalue weighted by Gasteiger charge is 2.14. The molecule has 0 saturated heterocycles. The summed E-state index contributed by atoms with van der Waals surface area (Å²) in [5.74, 6) is 5.38. The molecule has 0 saturated carbocycles. The Labute approximate surface area is 134 Å². The van der Waals surface area contributed by atoms with Gasteiger partial charge in [-0.15, -0.1) is 0 Å². The van der Waals surface area contributed by atoms with E-state index in [0.717, 1.165) is 16.5 Å². The van der Waals surface area contributed by atoms with Gasteiger partial charge in [-0.1, -0.05) is 46.3 Å². The van der Waals surface area contributed by atoms with Crippen LogP contribution in [0.25, 0.3) is 0 Å². The summed E-state index contributed by atoms with van der Waals surface area (Å²) in [6.45, 7) is 0. The van der Waals surface area contributed by atoms with E-state index in [1.54, 1.807) is 6.07 Å². The molecule has 0 heterocycles. The maximum atomic E-state index is 13.5. The molecule has 0 aliphatic rings. The van der Waals surface area contributed by atoms with Gasteiger partial charge in [0.2, 0.25) is 0 Å². The van der Waals surface area contributed by atoms with Crippen molar-refractivity contribution in [3.05, 3.63) is 68.4 Å². The summed E-state index contributed by atoms with van der Waals surface area (Å²) in [7, 11) is 0. The second kappa shape index (κ2) is 7.31. The minimum Gasteiger partial charge on any atom is -0.271 e. The molecular formula is C15H15Br2FN2. The molecule has 2 nitrogen and oxygen atoms in total. The monoisotopic (exact) mass is 400 g/mol. The van der Waals surface area contributed by atoms with Crippen LogP contribution >= 0.6 is 31.9 Å². The van der Waals surface area contributed by atoms with Crippen molar-refractivity contribution < 1.29 is 4.39 Å². The molecule has 3 N–H and O–H groups in total. The van der Waals surface area contributed by atoms with Crippen LogP contribution in [0, 0.1) is 5.82 Å². The second-order valence-electron chi connectivity index (χ2n) is 4.58. The van der Waals surface area contributed by atoms with Crippen molar-refractivity contribution in [3.63, 3.8) is 0 Å². The second-order valence-corrected chi connectivity index (χ2v) is 6.22. The lowest BCUT2D eigenvalue weighted by molar-refractivity contribution is 0.518. The highest BCUT2D eigenvalue weighted by Crippen LogP contribution is 2.23. The molecule has 20 heavy (non-hydrogen) atoms. The number of halogens is 3. The molecule has 0 aliphatic carbocycles. The Hall–Kier alpha value is -0.750. The molecule has 1 unspecified atom stereocenters. The molecule has 0 aromatic heterocycles. The van der Waals surface area contributed by atoms with Gasteiger partial charge in [-0.2, -0.15) is 0 Å². The standard InChI is InChI=1S/C15H15Br2FN2/c16-13-6-2-1-4-10(13)8-12(20-19)9-11-5-3-7-14(18)15(11)17/h1-7,12,20H,8-9,19H2. The highest BCUT2D eigenvalue weighted by atomic mass is 79.9. The fourth-order valence-electron chi connectivity index (χ4n) is 2.09. The quantitative estimate of drug-likeness (QED) is 0.587. The van der Waals surface area contributed by atoms with Crippen LogP contribution in [-0.4, -0.2) is 6.04 Å². The fourth-order valence-corrected chi connectivity index (χ4v) is 2.96. The zero-order valence-corrected chi connectivity index (χ0v) is 13.9. The van der Waals surface area contributed by atoms with Crippen molar-refractivity contribution in [2.24, 2.45) is 5.84 Å². The summed E-state index contributed by atoms with van der Waals surface area (Å²) in [5, 5.41) is 0. The predicted octanol–water partition coefficient (Wildman–Crippen LogP) is 3.97. The summed E-state index contributed by atoms with van der Waals surface area (Å²) in [4.78, 5) is 0. The first kappa shape index (κ1) is 15.6. The van der Waals surface area contributed by atoms with Gasteiger partial charge in [0.05, 0.1) is 4.47 Å². The molecule has 106 valence electrons. The van der Waals surface area contributed by atoms with Crippen molar-refractivity contribution in [3.8, 4) is 0 Å². The van der Waals surface area contributed by atoms with Crippen molar-refractivity contribution in [1.29, 1.82) is 0 Å². The van der Waals surface area contributed by atoms with Crippen molar-refractivity contribution in [2.45, 2.75) is 18.9 Å². The smallest absolute Gasteiger partial charge is 0.137 e. The maximum Gasteiger partial charge on any atom is 0.137 e. The Morgan fingerprint density at radius 3 is 2.35 bits per heavy atom. The fraction of sp³-hybridized carbons (Fsp3) is 0.200. The molecule has 0 spiro atoms. The maximum absolute atomic E-state index is 13.5. The molecule has 5 heteroatoms. The normalized spacial score (nSPS) is 12.4. The first-order valence-corrected chi connectivity index (χ1v) is 7.83. The molecule has 2 rings (SSSR count). The highest BCUT2D eigenvalue weighted by molar-refractivity contribution is 9.10. The van der Waals surface area contributed by atoms with Gasteiger partial charge < -0.3 is 0 Å². The zero-order valence-electron chi connectivity index (χ0n) is 10.7. The molecule has 0 aliphatic heterocycles. The summed E-state index contributed by atoms with van der Waals surface area (Å²) < 4.78 is 15.1. The van der Waals surface area contributed by atoms with Crippen LogP contribution in [0.5, 0.6) is 0 Å².